The van der Waals surface area contributed by atoms with Crippen LogP contribution in [0.4, 0.5) is 5.69 Å². The summed E-state index contributed by atoms with van der Waals surface area (Å²) in [4.78, 5) is 0. The molecule has 0 aliphatic carbocycles. The first-order valence-electron chi connectivity index (χ1n) is 5.94. The lowest BCUT2D eigenvalue weighted by Gasteiger charge is -2.34. The van der Waals surface area contributed by atoms with Gasteiger partial charge >= 0.3 is 0 Å². The first kappa shape index (κ1) is 14.1. The molecule has 0 amide bonds. The van der Waals surface area contributed by atoms with Crippen LogP contribution in [0.15, 0.2) is 24.3 Å². The first-order valence-corrected chi connectivity index (χ1v) is 7.55. The molecule has 7 heteroatoms. The molecule has 1 unspecified atom stereocenters. The Morgan fingerprint density at radius 3 is 2.89 bits per heavy atom. The maximum absolute atomic E-state index is 12.3. The molecule has 1 aromatic carbocycles. The minimum absolute atomic E-state index is 0.101. The van der Waals surface area contributed by atoms with Crippen molar-refractivity contribution in [2.24, 2.45) is 0 Å². The Morgan fingerprint density at radius 2 is 2.21 bits per heavy atom. The molecular weight excluding hydrogens is 270 g/mol. The summed E-state index contributed by atoms with van der Waals surface area (Å²) in [5.74, 6) is 0.365. The Kier molecular flexibility index (Phi) is 4.28. The van der Waals surface area contributed by atoms with Crippen molar-refractivity contribution in [2.45, 2.75) is 6.10 Å². The molecule has 0 spiro atoms. The SMILES string of the molecule is COCCS(=O)(=O)N1CC(CO)Oc2ccccc21. The van der Waals surface area contributed by atoms with Gasteiger partial charge in [0.15, 0.2) is 0 Å². The molecule has 1 aliphatic rings. The van der Waals surface area contributed by atoms with Crippen LogP contribution >= 0.6 is 0 Å². The van der Waals surface area contributed by atoms with Gasteiger partial charge in [0.05, 0.1) is 31.2 Å². The van der Waals surface area contributed by atoms with E-state index in [1.165, 1.54) is 11.4 Å². The maximum Gasteiger partial charge on any atom is 0.237 e. The predicted molar refractivity (Wildman–Crippen MR) is 71.0 cm³/mol. The third-order valence-corrected chi connectivity index (χ3v) is 4.58. The molecule has 1 N–H and O–H groups in total. The summed E-state index contributed by atoms with van der Waals surface area (Å²) in [5, 5.41) is 9.20. The monoisotopic (exact) mass is 287 g/mol. The van der Waals surface area contributed by atoms with E-state index in [2.05, 4.69) is 0 Å². The first-order chi connectivity index (χ1) is 9.08. The standard InChI is InChI=1S/C12H17NO5S/c1-17-6-7-19(15,16)13-8-10(9-14)18-12-5-3-2-4-11(12)13/h2-5,10,14H,6-9H2,1H3. The fourth-order valence-corrected chi connectivity index (χ4v) is 3.36. The van der Waals surface area contributed by atoms with Crippen molar-refractivity contribution >= 4 is 15.7 Å². The van der Waals surface area contributed by atoms with Crippen LogP contribution in [0.2, 0.25) is 0 Å². The van der Waals surface area contributed by atoms with Gasteiger partial charge in [0.2, 0.25) is 10.0 Å². The van der Waals surface area contributed by atoms with Crippen LogP contribution in [-0.4, -0.2) is 52.2 Å². The Bertz CT molecular complexity index is 531. The summed E-state index contributed by atoms with van der Waals surface area (Å²) >= 11 is 0. The van der Waals surface area contributed by atoms with Crippen molar-refractivity contribution in [3.63, 3.8) is 0 Å². The topological polar surface area (TPSA) is 76.1 Å². The normalized spacial score (nSPS) is 18.8. The van der Waals surface area contributed by atoms with Gasteiger partial charge in [0.1, 0.15) is 11.9 Å². The Labute approximate surface area is 112 Å². The van der Waals surface area contributed by atoms with E-state index >= 15 is 0 Å². The van der Waals surface area contributed by atoms with Crippen LogP contribution in [-0.2, 0) is 14.8 Å². The van der Waals surface area contributed by atoms with E-state index in [1.54, 1.807) is 24.3 Å². The van der Waals surface area contributed by atoms with Crippen LogP contribution in [0, 0.1) is 0 Å². The molecule has 1 aliphatic heterocycles. The summed E-state index contributed by atoms with van der Waals surface area (Å²) in [6, 6.07) is 6.89. The van der Waals surface area contributed by atoms with Crippen molar-refractivity contribution in [2.75, 3.05) is 36.9 Å². The van der Waals surface area contributed by atoms with Crippen LogP contribution in [0.1, 0.15) is 0 Å². The molecule has 0 aromatic heterocycles. The molecule has 0 fully saturated rings. The molecule has 0 radical (unpaired) electrons. The van der Waals surface area contributed by atoms with Crippen LogP contribution < -0.4 is 9.04 Å². The number of rotatable bonds is 5. The van der Waals surface area contributed by atoms with Gasteiger partial charge in [-0.25, -0.2) is 8.42 Å². The average molecular weight is 287 g/mol. The number of anilines is 1. The Hall–Kier alpha value is -1.31. The molecule has 2 rings (SSSR count). The lowest BCUT2D eigenvalue weighted by atomic mass is 10.2. The third-order valence-electron chi connectivity index (χ3n) is 2.88. The number of hydrogen-bond acceptors (Lipinski definition) is 5. The summed E-state index contributed by atoms with van der Waals surface area (Å²) in [5.41, 5.74) is 0.503. The lowest BCUT2D eigenvalue weighted by molar-refractivity contribution is 0.116. The molecule has 1 atom stereocenters. The largest absolute Gasteiger partial charge is 0.484 e. The molecular formula is C12H17NO5S. The van der Waals surface area contributed by atoms with E-state index in [9.17, 15) is 13.5 Å². The number of para-hydroxylation sites is 2. The minimum Gasteiger partial charge on any atom is -0.484 e. The van der Waals surface area contributed by atoms with Gasteiger partial charge in [-0.1, -0.05) is 12.1 Å². The zero-order chi connectivity index (χ0) is 13.9. The molecule has 1 heterocycles. The maximum atomic E-state index is 12.3. The smallest absolute Gasteiger partial charge is 0.237 e. The van der Waals surface area contributed by atoms with Gasteiger partial charge in [-0.15, -0.1) is 0 Å². The van der Waals surface area contributed by atoms with Gasteiger partial charge < -0.3 is 14.6 Å². The number of hydrogen-bond donors (Lipinski definition) is 1. The predicted octanol–water partition coefficient (Wildman–Crippen LogP) is 0.222. The van der Waals surface area contributed by atoms with E-state index in [0.29, 0.717) is 11.4 Å². The van der Waals surface area contributed by atoms with Crippen molar-refractivity contribution in [3.05, 3.63) is 24.3 Å². The van der Waals surface area contributed by atoms with E-state index in [4.69, 9.17) is 9.47 Å². The van der Waals surface area contributed by atoms with Crippen LogP contribution in [0.3, 0.4) is 0 Å². The molecule has 106 valence electrons. The quantitative estimate of drug-likeness (QED) is 0.838. The fraction of sp³-hybridized carbons (Fsp3) is 0.500. The van der Waals surface area contributed by atoms with E-state index in [-0.39, 0.29) is 25.5 Å². The highest BCUT2D eigenvalue weighted by Gasteiger charge is 2.32. The summed E-state index contributed by atoms with van der Waals surface area (Å²) < 4.78 is 36.2. The highest BCUT2D eigenvalue weighted by molar-refractivity contribution is 7.92. The fourth-order valence-electron chi connectivity index (χ4n) is 1.92. The Balaban J connectivity index is 2.34. The number of methoxy groups -OCH3 is 1. The number of aliphatic hydroxyl groups is 1. The third kappa shape index (κ3) is 2.99. The minimum atomic E-state index is -3.48. The second-order valence-corrected chi connectivity index (χ2v) is 6.24. The molecule has 19 heavy (non-hydrogen) atoms. The van der Waals surface area contributed by atoms with Gasteiger partial charge in [-0.05, 0) is 12.1 Å². The van der Waals surface area contributed by atoms with Gasteiger partial charge in [0.25, 0.3) is 0 Å². The number of ether oxygens (including phenoxy) is 2. The highest BCUT2D eigenvalue weighted by atomic mass is 32.2. The van der Waals surface area contributed by atoms with Gasteiger partial charge in [0, 0.05) is 7.11 Å². The Morgan fingerprint density at radius 1 is 1.47 bits per heavy atom. The number of fused-ring (bicyclic) bond motifs is 1. The average Bonchev–Trinajstić information content (AvgIpc) is 2.43. The van der Waals surface area contributed by atoms with E-state index in [0.717, 1.165) is 0 Å². The molecule has 6 nitrogen and oxygen atoms in total. The molecule has 0 saturated carbocycles. The molecule has 1 aromatic rings. The second kappa shape index (κ2) is 5.77. The van der Waals surface area contributed by atoms with Crippen LogP contribution in [0.25, 0.3) is 0 Å². The zero-order valence-corrected chi connectivity index (χ0v) is 11.5. The van der Waals surface area contributed by atoms with Gasteiger partial charge in [-0.3, -0.25) is 4.31 Å². The number of nitrogens with zero attached hydrogens (tertiary/aromatic N) is 1. The molecule has 0 bridgehead atoms. The number of benzene rings is 1. The zero-order valence-electron chi connectivity index (χ0n) is 10.7. The number of sulfonamides is 1. The van der Waals surface area contributed by atoms with Crippen molar-refractivity contribution < 1.29 is 23.0 Å². The molecule has 0 saturated heterocycles. The van der Waals surface area contributed by atoms with E-state index in [1.807, 2.05) is 0 Å². The summed E-state index contributed by atoms with van der Waals surface area (Å²) in [6.07, 6.45) is -0.549. The van der Waals surface area contributed by atoms with Crippen molar-refractivity contribution in [1.82, 2.24) is 0 Å². The van der Waals surface area contributed by atoms with E-state index < -0.39 is 16.1 Å². The lowest BCUT2D eigenvalue weighted by Crippen LogP contribution is -2.46. The summed E-state index contributed by atoms with van der Waals surface area (Å²) in [7, 11) is -2.03. The van der Waals surface area contributed by atoms with Crippen LogP contribution in [0.5, 0.6) is 5.75 Å². The van der Waals surface area contributed by atoms with Crippen molar-refractivity contribution in [3.8, 4) is 5.75 Å². The second-order valence-electron chi connectivity index (χ2n) is 4.23. The number of aliphatic hydroxyl groups excluding tert-OH is 1. The highest BCUT2D eigenvalue weighted by Crippen LogP contribution is 2.34. The van der Waals surface area contributed by atoms with Crippen molar-refractivity contribution in [1.29, 1.82) is 0 Å². The summed E-state index contributed by atoms with van der Waals surface area (Å²) in [6.45, 7) is 0.00976. The van der Waals surface area contributed by atoms with Gasteiger partial charge in [-0.2, -0.15) is 0 Å².